The second kappa shape index (κ2) is 10.2. The Morgan fingerprint density at radius 1 is 1.06 bits per heavy atom. The second-order valence-corrected chi connectivity index (χ2v) is 8.45. The predicted molar refractivity (Wildman–Crippen MR) is 124 cm³/mol. The number of aromatic nitrogens is 3. The second-order valence-electron chi connectivity index (χ2n) is 8.45. The van der Waals surface area contributed by atoms with E-state index in [2.05, 4.69) is 9.97 Å². The fourth-order valence-electron chi connectivity index (χ4n) is 3.94. The van der Waals surface area contributed by atoms with Crippen LogP contribution in [-0.2, 0) is 24.3 Å². The number of nitrogens with zero attached hydrogens (tertiary/aromatic N) is 4. The number of halogens is 3. The summed E-state index contributed by atoms with van der Waals surface area (Å²) in [5.74, 6) is -1.03. The number of benzene rings is 2. The zero-order valence-electron chi connectivity index (χ0n) is 19.1. The van der Waals surface area contributed by atoms with E-state index in [1.165, 1.54) is 18.2 Å². The first kappa shape index (κ1) is 23.6. The number of pyridine rings is 1. The number of imidazole rings is 1. The third-order valence-electron chi connectivity index (χ3n) is 6.04. The molecule has 2 aromatic carbocycles. The van der Waals surface area contributed by atoms with Crippen LogP contribution >= 0.6 is 0 Å². The molecule has 9 heteroatoms. The molecule has 0 unspecified atom stereocenters. The van der Waals surface area contributed by atoms with Crippen LogP contribution in [0.2, 0.25) is 0 Å². The first-order valence-corrected chi connectivity index (χ1v) is 11.4. The molecule has 0 radical (unpaired) electrons. The summed E-state index contributed by atoms with van der Waals surface area (Å²) in [6.07, 6.45) is 4.66. The van der Waals surface area contributed by atoms with Crippen molar-refractivity contribution in [1.29, 1.82) is 5.26 Å². The van der Waals surface area contributed by atoms with Gasteiger partial charge in [-0.05, 0) is 42.3 Å². The van der Waals surface area contributed by atoms with Crippen LogP contribution in [0.25, 0.3) is 11.3 Å². The van der Waals surface area contributed by atoms with E-state index in [1.54, 1.807) is 24.5 Å². The Morgan fingerprint density at radius 2 is 1.89 bits per heavy atom. The number of rotatable bonds is 8. The molecule has 2 aromatic heterocycles. The monoisotopic (exact) mass is 490 g/mol. The summed E-state index contributed by atoms with van der Waals surface area (Å²) >= 11 is 0. The Bertz CT molecular complexity index is 1440. The highest BCUT2D eigenvalue weighted by atomic mass is 19.1. The van der Waals surface area contributed by atoms with Gasteiger partial charge in [-0.15, -0.1) is 0 Å². The molecule has 0 amide bonds. The van der Waals surface area contributed by atoms with Crippen molar-refractivity contribution < 1.29 is 22.6 Å². The molecule has 0 saturated carbocycles. The van der Waals surface area contributed by atoms with E-state index in [0.29, 0.717) is 12.4 Å². The van der Waals surface area contributed by atoms with Crippen LogP contribution in [0.15, 0.2) is 60.9 Å². The first-order chi connectivity index (χ1) is 17.5. The van der Waals surface area contributed by atoms with Gasteiger partial charge in [-0.25, -0.2) is 23.1 Å². The van der Waals surface area contributed by atoms with Crippen molar-refractivity contribution in [2.24, 2.45) is 0 Å². The van der Waals surface area contributed by atoms with E-state index in [-0.39, 0.29) is 53.0 Å². The Labute approximate surface area is 205 Å². The standard InChI is InChI=1S/C27H21F3N4O2/c28-22-10-17(14-31)4-5-18(22)16-36-27-3-1-2-25(33-27)21-13-23(29)19(11-24(21)30)12-26-32-7-8-34(26)15-20-6-9-35-20/h1-5,7-8,10-11,13,20H,6,9,12,15-16H2/t20-/m0/s1. The van der Waals surface area contributed by atoms with Gasteiger partial charge in [0, 0.05) is 42.6 Å². The molecule has 4 aromatic rings. The number of nitriles is 1. The molecule has 6 nitrogen and oxygen atoms in total. The Balaban J connectivity index is 1.32. The van der Waals surface area contributed by atoms with E-state index in [4.69, 9.17) is 14.7 Å². The van der Waals surface area contributed by atoms with Crippen LogP contribution < -0.4 is 4.74 Å². The topological polar surface area (TPSA) is 73.0 Å². The van der Waals surface area contributed by atoms with Gasteiger partial charge >= 0.3 is 0 Å². The summed E-state index contributed by atoms with van der Waals surface area (Å²) in [4.78, 5) is 8.55. The molecule has 0 bridgehead atoms. The van der Waals surface area contributed by atoms with Gasteiger partial charge in [-0.3, -0.25) is 0 Å². The Kier molecular flexibility index (Phi) is 6.69. The van der Waals surface area contributed by atoms with E-state index in [9.17, 15) is 4.39 Å². The highest BCUT2D eigenvalue weighted by Gasteiger charge is 2.21. The average Bonchev–Trinajstić information content (AvgIpc) is 3.29. The molecule has 1 aliphatic heterocycles. The minimum absolute atomic E-state index is 0.0162. The van der Waals surface area contributed by atoms with Gasteiger partial charge in [0.25, 0.3) is 0 Å². The molecule has 1 saturated heterocycles. The largest absolute Gasteiger partial charge is 0.473 e. The highest BCUT2D eigenvalue weighted by Crippen LogP contribution is 2.27. The van der Waals surface area contributed by atoms with Crippen molar-refractivity contribution >= 4 is 0 Å². The third-order valence-corrected chi connectivity index (χ3v) is 6.04. The van der Waals surface area contributed by atoms with Crippen molar-refractivity contribution in [3.8, 4) is 23.2 Å². The van der Waals surface area contributed by atoms with Crippen LogP contribution in [0.4, 0.5) is 13.2 Å². The van der Waals surface area contributed by atoms with E-state index >= 15 is 8.78 Å². The number of ether oxygens (including phenoxy) is 2. The molecule has 1 fully saturated rings. The molecular formula is C27H21F3N4O2. The van der Waals surface area contributed by atoms with Gasteiger partial charge in [-0.1, -0.05) is 12.1 Å². The van der Waals surface area contributed by atoms with Crippen molar-refractivity contribution in [1.82, 2.24) is 14.5 Å². The zero-order valence-corrected chi connectivity index (χ0v) is 19.1. The number of hydrogen-bond acceptors (Lipinski definition) is 5. The average molecular weight is 490 g/mol. The molecule has 5 rings (SSSR count). The Hall–Kier alpha value is -4.16. The fraction of sp³-hybridized carbons (Fsp3) is 0.222. The lowest BCUT2D eigenvalue weighted by atomic mass is 10.0. The van der Waals surface area contributed by atoms with Crippen LogP contribution in [0.1, 0.15) is 28.9 Å². The summed E-state index contributed by atoms with van der Waals surface area (Å²) in [5.41, 5.74) is 0.789. The summed E-state index contributed by atoms with van der Waals surface area (Å²) < 4.78 is 57.1. The maximum atomic E-state index is 15.1. The molecule has 0 spiro atoms. The van der Waals surface area contributed by atoms with Crippen molar-refractivity contribution in [3.05, 3.63) is 101 Å². The highest BCUT2D eigenvalue weighted by molar-refractivity contribution is 5.61. The maximum absolute atomic E-state index is 15.1. The van der Waals surface area contributed by atoms with Crippen LogP contribution in [0.3, 0.4) is 0 Å². The third kappa shape index (κ3) is 5.09. The lowest BCUT2D eigenvalue weighted by Gasteiger charge is -2.27. The van der Waals surface area contributed by atoms with E-state index in [0.717, 1.165) is 31.2 Å². The summed E-state index contributed by atoms with van der Waals surface area (Å²) in [6, 6.07) is 12.9. The molecule has 1 aliphatic rings. The van der Waals surface area contributed by atoms with Crippen LogP contribution in [0.5, 0.6) is 5.88 Å². The zero-order chi connectivity index (χ0) is 25.1. The van der Waals surface area contributed by atoms with Gasteiger partial charge in [0.05, 0.1) is 30.0 Å². The normalized spacial score (nSPS) is 14.8. The molecule has 3 heterocycles. The maximum Gasteiger partial charge on any atom is 0.214 e. The lowest BCUT2D eigenvalue weighted by molar-refractivity contribution is -0.0595. The summed E-state index contributed by atoms with van der Waals surface area (Å²) in [6.45, 7) is 1.23. The molecule has 0 N–H and O–H groups in total. The van der Waals surface area contributed by atoms with Crippen molar-refractivity contribution in [2.45, 2.75) is 32.1 Å². The lowest BCUT2D eigenvalue weighted by Crippen LogP contribution is -2.31. The summed E-state index contributed by atoms with van der Waals surface area (Å²) in [5, 5.41) is 8.85. The molecule has 182 valence electrons. The first-order valence-electron chi connectivity index (χ1n) is 11.4. The SMILES string of the molecule is N#Cc1ccc(COc2cccc(-c3cc(F)c(Cc4nccn4C[C@@H]4CCO4)cc3F)n2)c(F)c1. The predicted octanol–water partition coefficient (Wildman–Crippen LogP) is 5.19. The Morgan fingerprint density at radius 3 is 2.64 bits per heavy atom. The van der Waals surface area contributed by atoms with Gasteiger partial charge < -0.3 is 14.0 Å². The number of hydrogen-bond donors (Lipinski definition) is 0. The van der Waals surface area contributed by atoms with Gasteiger partial charge in [0.15, 0.2) is 0 Å². The minimum Gasteiger partial charge on any atom is -0.473 e. The van der Waals surface area contributed by atoms with Crippen LogP contribution in [0, 0.1) is 28.8 Å². The molecular weight excluding hydrogens is 469 g/mol. The fourth-order valence-corrected chi connectivity index (χ4v) is 3.94. The smallest absolute Gasteiger partial charge is 0.214 e. The van der Waals surface area contributed by atoms with Crippen molar-refractivity contribution in [2.75, 3.05) is 6.61 Å². The van der Waals surface area contributed by atoms with Gasteiger partial charge in [-0.2, -0.15) is 5.26 Å². The minimum atomic E-state index is -0.630. The van der Waals surface area contributed by atoms with E-state index in [1.807, 2.05) is 10.6 Å². The van der Waals surface area contributed by atoms with E-state index < -0.39 is 17.5 Å². The van der Waals surface area contributed by atoms with Crippen molar-refractivity contribution in [3.63, 3.8) is 0 Å². The van der Waals surface area contributed by atoms with Gasteiger partial charge in [0.1, 0.15) is 29.9 Å². The van der Waals surface area contributed by atoms with Crippen LogP contribution in [-0.4, -0.2) is 27.2 Å². The summed E-state index contributed by atoms with van der Waals surface area (Å²) in [7, 11) is 0. The molecule has 0 aliphatic carbocycles. The van der Waals surface area contributed by atoms with Gasteiger partial charge in [0.2, 0.25) is 5.88 Å². The molecule has 1 atom stereocenters. The molecule has 36 heavy (non-hydrogen) atoms. The quantitative estimate of drug-likeness (QED) is 0.340.